The molecule has 0 bridgehead atoms. The van der Waals surface area contributed by atoms with E-state index in [0.29, 0.717) is 11.6 Å². The number of hydrogen-bond donors (Lipinski definition) is 2. The van der Waals surface area contributed by atoms with Crippen LogP contribution in [0.2, 0.25) is 0 Å². The number of carbonyl (C=O) groups is 1. The van der Waals surface area contributed by atoms with Crippen LogP contribution in [0.4, 0.5) is 5.69 Å². The molecule has 2 aromatic carbocycles. The van der Waals surface area contributed by atoms with Gasteiger partial charge in [-0.2, -0.15) is 0 Å². The lowest BCUT2D eigenvalue weighted by molar-refractivity contribution is -0.158. The summed E-state index contributed by atoms with van der Waals surface area (Å²) in [5.41, 5.74) is 10.4. The molecular weight excluding hydrogens is 532 g/mol. The van der Waals surface area contributed by atoms with Crippen molar-refractivity contribution in [3.63, 3.8) is 0 Å². The monoisotopic (exact) mass is 584 g/mol. The highest BCUT2D eigenvalue weighted by molar-refractivity contribution is 5.94. The minimum absolute atomic E-state index is 0. The molecule has 1 aromatic heterocycles. The molecule has 43 heavy (non-hydrogen) atoms. The van der Waals surface area contributed by atoms with Crippen LogP contribution in [0.15, 0.2) is 60.9 Å². The van der Waals surface area contributed by atoms with Gasteiger partial charge in [-0.3, -0.25) is 9.78 Å². The standard InChI is InChI=1S/C35H42N4O2.2CH4.H2/c1-22(24-9-11-25(12-10-24)33(40)39(7)8)17-31-23(2)28(15-16-36-31)26-13-14-30(29(18-26)32-21-37-32)38-27-19-34(3,4)41-35(5,6)20-27;;;/h9-18,21,27,37-38H,19-20H2,1-8H3;2*1H4;1H/b22-17+;;;. The average molecular weight is 585 g/mol. The first kappa shape index (κ1) is 33.6. The highest BCUT2D eigenvalue weighted by atomic mass is 16.5. The van der Waals surface area contributed by atoms with Crippen LogP contribution in [0.3, 0.4) is 0 Å². The van der Waals surface area contributed by atoms with Crippen LogP contribution in [0.5, 0.6) is 0 Å². The van der Waals surface area contributed by atoms with Crippen molar-refractivity contribution >= 4 is 28.9 Å². The van der Waals surface area contributed by atoms with Gasteiger partial charge >= 0.3 is 0 Å². The molecule has 0 saturated carbocycles. The first-order valence-corrected chi connectivity index (χ1v) is 14.4. The first-order valence-electron chi connectivity index (χ1n) is 14.4. The number of carbonyl (C=O) groups excluding carboxylic acids is 1. The average Bonchev–Trinajstić information content (AvgIpc) is 3.73. The summed E-state index contributed by atoms with van der Waals surface area (Å²) in [6.45, 7) is 12.9. The summed E-state index contributed by atoms with van der Waals surface area (Å²) in [4.78, 5) is 18.6. The van der Waals surface area contributed by atoms with E-state index in [2.05, 4.69) is 88.7 Å². The maximum atomic E-state index is 12.3. The van der Waals surface area contributed by atoms with E-state index in [1.165, 1.54) is 5.56 Å². The number of ether oxygens (including phenoxy) is 1. The zero-order valence-corrected chi connectivity index (χ0v) is 25.6. The number of rotatable bonds is 7. The van der Waals surface area contributed by atoms with Crippen molar-refractivity contribution in [2.24, 2.45) is 0 Å². The van der Waals surface area contributed by atoms with Gasteiger partial charge in [-0.15, -0.1) is 0 Å². The van der Waals surface area contributed by atoms with Crippen molar-refractivity contribution in [3.05, 3.63) is 88.9 Å². The van der Waals surface area contributed by atoms with Gasteiger partial charge in [0, 0.05) is 50.8 Å². The summed E-state index contributed by atoms with van der Waals surface area (Å²) >= 11 is 0. The van der Waals surface area contributed by atoms with Crippen LogP contribution in [0.25, 0.3) is 28.5 Å². The Hall–Kier alpha value is -3.90. The molecule has 0 spiro atoms. The third-order valence-electron chi connectivity index (χ3n) is 7.89. The Morgan fingerprint density at radius 1 is 1.00 bits per heavy atom. The van der Waals surface area contributed by atoms with E-state index in [4.69, 9.17) is 9.72 Å². The van der Waals surface area contributed by atoms with Crippen LogP contribution in [0.1, 0.15) is 96.5 Å². The quantitative estimate of drug-likeness (QED) is 0.290. The number of nitrogens with one attached hydrogen (secondary N) is 2. The van der Waals surface area contributed by atoms with Gasteiger partial charge in [-0.1, -0.05) is 33.1 Å². The third kappa shape index (κ3) is 7.74. The number of anilines is 1. The predicted molar refractivity (Wildman–Crippen MR) is 185 cm³/mol. The number of amides is 1. The second-order valence-corrected chi connectivity index (χ2v) is 12.8. The summed E-state index contributed by atoms with van der Waals surface area (Å²) in [6.07, 6.45) is 7.97. The van der Waals surface area contributed by atoms with Crippen LogP contribution in [-0.4, -0.2) is 47.1 Å². The van der Waals surface area contributed by atoms with E-state index >= 15 is 0 Å². The third-order valence-corrected chi connectivity index (χ3v) is 7.89. The minimum Gasteiger partial charge on any atom is -0.382 e. The van der Waals surface area contributed by atoms with Crippen LogP contribution in [-0.2, 0) is 4.74 Å². The molecule has 232 valence electrons. The smallest absolute Gasteiger partial charge is 0.253 e. The molecule has 1 fully saturated rings. The molecule has 1 saturated heterocycles. The molecule has 5 rings (SSSR count). The largest absolute Gasteiger partial charge is 0.382 e. The number of benzene rings is 2. The number of nitrogens with zero attached hydrogens (tertiary/aromatic N) is 2. The molecule has 2 aliphatic heterocycles. The molecule has 6 heteroatoms. The topological polar surface area (TPSA) is 76.4 Å². The number of aromatic nitrogens is 1. The summed E-state index contributed by atoms with van der Waals surface area (Å²) in [6, 6.07) is 16.9. The molecule has 3 aromatic rings. The van der Waals surface area contributed by atoms with Crippen molar-refractivity contribution in [1.82, 2.24) is 15.2 Å². The van der Waals surface area contributed by atoms with E-state index < -0.39 is 0 Å². The predicted octanol–water partition coefficient (Wildman–Crippen LogP) is 8.89. The molecule has 2 aliphatic rings. The number of hydrogen-bond acceptors (Lipinski definition) is 5. The fourth-order valence-corrected chi connectivity index (χ4v) is 6.10. The Balaban J connectivity index is 0.00000225. The highest BCUT2D eigenvalue weighted by Gasteiger charge is 2.39. The number of pyridine rings is 1. The Labute approximate surface area is 260 Å². The van der Waals surface area contributed by atoms with Crippen molar-refractivity contribution in [2.75, 3.05) is 19.4 Å². The second kappa shape index (κ2) is 12.8. The van der Waals surface area contributed by atoms with E-state index in [1.54, 1.807) is 19.0 Å². The SMILES string of the molecule is C.C.C/C(=C\c1nccc(-c2ccc(NC3CC(C)(C)OC(C)(C)C3)c(C3=CN3)c2)c1C)c1ccc(C(=O)N(C)C)cc1.[HH]. The molecule has 0 unspecified atom stereocenters. The van der Waals surface area contributed by atoms with Crippen LogP contribution in [0, 0.1) is 6.92 Å². The van der Waals surface area contributed by atoms with Crippen molar-refractivity contribution < 1.29 is 11.0 Å². The molecule has 0 aliphatic carbocycles. The van der Waals surface area contributed by atoms with Gasteiger partial charge in [-0.05, 0) is 119 Å². The van der Waals surface area contributed by atoms with Gasteiger partial charge in [0.1, 0.15) is 0 Å². The zero-order chi connectivity index (χ0) is 29.5. The van der Waals surface area contributed by atoms with E-state index in [9.17, 15) is 4.79 Å². The molecule has 0 radical (unpaired) electrons. The summed E-state index contributed by atoms with van der Waals surface area (Å²) in [5.74, 6) is 0.00146. The molecule has 1 amide bonds. The van der Waals surface area contributed by atoms with Gasteiger partial charge in [0.25, 0.3) is 5.91 Å². The lowest BCUT2D eigenvalue weighted by Gasteiger charge is -2.45. The van der Waals surface area contributed by atoms with E-state index in [0.717, 1.165) is 57.7 Å². The van der Waals surface area contributed by atoms with Gasteiger partial charge < -0.3 is 20.3 Å². The van der Waals surface area contributed by atoms with Gasteiger partial charge in [0.2, 0.25) is 0 Å². The Morgan fingerprint density at radius 3 is 2.19 bits per heavy atom. The maximum Gasteiger partial charge on any atom is 0.253 e. The van der Waals surface area contributed by atoms with Gasteiger partial charge in [-0.25, -0.2) is 0 Å². The maximum absolute atomic E-state index is 12.3. The van der Waals surface area contributed by atoms with Gasteiger partial charge in [0.15, 0.2) is 0 Å². The molecule has 6 nitrogen and oxygen atoms in total. The highest BCUT2D eigenvalue weighted by Crippen LogP contribution is 2.39. The summed E-state index contributed by atoms with van der Waals surface area (Å²) in [5, 5.41) is 7.15. The Morgan fingerprint density at radius 2 is 1.60 bits per heavy atom. The fourth-order valence-electron chi connectivity index (χ4n) is 6.10. The number of allylic oxidation sites excluding steroid dienone is 1. The van der Waals surface area contributed by atoms with Crippen molar-refractivity contribution in [1.29, 1.82) is 0 Å². The van der Waals surface area contributed by atoms with Gasteiger partial charge in [0.05, 0.1) is 22.6 Å². The Bertz CT molecular complexity index is 1520. The Kier molecular flexibility index (Phi) is 9.97. The normalized spacial score (nSPS) is 17.0. The molecule has 3 heterocycles. The second-order valence-electron chi connectivity index (χ2n) is 12.8. The van der Waals surface area contributed by atoms with Crippen LogP contribution < -0.4 is 10.6 Å². The fraction of sp³-hybridized carbons (Fsp3) is 0.405. The first-order chi connectivity index (χ1) is 19.3. The van der Waals surface area contributed by atoms with Crippen molar-refractivity contribution in [2.45, 2.75) is 86.5 Å². The summed E-state index contributed by atoms with van der Waals surface area (Å²) in [7, 11) is 3.53. The zero-order valence-electron chi connectivity index (χ0n) is 25.6. The molecular formula is C37H52N4O2. The lowest BCUT2D eigenvalue weighted by Crippen LogP contribution is -2.49. The van der Waals surface area contributed by atoms with Crippen molar-refractivity contribution in [3.8, 4) is 11.1 Å². The molecule has 2 N–H and O–H groups in total. The summed E-state index contributed by atoms with van der Waals surface area (Å²) < 4.78 is 6.31. The van der Waals surface area contributed by atoms with E-state index in [1.807, 2.05) is 30.5 Å². The van der Waals surface area contributed by atoms with E-state index in [-0.39, 0.29) is 33.4 Å². The lowest BCUT2D eigenvalue weighted by atomic mass is 9.85. The van der Waals surface area contributed by atoms with Crippen LogP contribution >= 0.6 is 0 Å². The molecule has 0 atom stereocenters. The minimum atomic E-state index is -0.168.